The number of likely N-dealkylation sites (tertiary alicyclic amines) is 1. The molecule has 3 heterocycles. The van der Waals surface area contributed by atoms with Crippen molar-refractivity contribution in [3.8, 4) is 5.82 Å². The van der Waals surface area contributed by atoms with E-state index in [2.05, 4.69) is 15.1 Å². The molecule has 2 aromatic rings. The van der Waals surface area contributed by atoms with Crippen LogP contribution in [-0.2, 0) is 0 Å². The van der Waals surface area contributed by atoms with E-state index in [1.165, 1.54) is 11.0 Å². The summed E-state index contributed by atoms with van der Waals surface area (Å²) in [6.45, 7) is 3.11. The number of piperidine rings is 1. The molecule has 0 radical (unpaired) electrons. The van der Waals surface area contributed by atoms with Gasteiger partial charge in [-0.25, -0.2) is 14.6 Å². The number of nitrogens with zero attached hydrogens (tertiary/aromatic N) is 5. The zero-order valence-electron chi connectivity index (χ0n) is 11.8. The number of amides is 1. The largest absolute Gasteiger partial charge is 0.393 e. The van der Waals surface area contributed by atoms with Gasteiger partial charge in [0.25, 0.3) is 5.91 Å². The van der Waals surface area contributed by atoms with Gasteiger partial charge >= 0.3 is 0 Å². The van der Waals surface area contributed by atoms with Gasteiger partial charge in [-0.05, 0) is 24.5 Å². The van der Waals surface area contributed by atoms with Gasteiger partial charge in [0.05, 0.1) is 11.7 Å². The van der Waals surface area contributed by atoms with Gasteiger partial charge in [0.15, 0.2) is 5.82 Å². The smallest absolute Gasteiger partial charge is 0.255 e. The molecule has 1 aliphatic heterocycles. The first-order chi connectivity index (χ1) is 10.1. The summed E-state index contributed by atoms with van der Waals surface area (Å²) in [5.74, 6) is 0.669. The molecule has 0 aromatic carbocycles. The molecule has 0 aliphatic carbocycles. The third kappa shape index (κ3) is 2.78. The highest BCUT2D eigenvalue weighted by Gasteiger charge is 2.27. The first-order valence-electron chi connectivity index (χ1n) is 6.93. The lowest BCUT2D eigenvalue weighted by molar-refractivity contribution is 0.0297. The maximum absolute atomic E-state index is 12.4. The Kier molecular flexibility index (Phi) is 3.66. The second-order valence-corrected chi connectivity index (χ2v) is 5.33. The number of aliphatic hydroxyl groups excluding tert-OH is 1. The molecule has 1 amide bonds. The SMILES string of the molecule is CC1CN(C(=O)c2ccc(-n3cncn3)nc2)CCC1O. The molecular formula is C14H17N5O2. The van der Waals surface area contributed by atoms with Crippen LogP contribution in [0.3, 0.4) is 0 Å². The van der Waals surface area contributed by atoms with Crippen molar-refractivity contribution >= 4 is 5.91 Å². The van der Waals surface area contributed by atoms with E-state index in [0.717, 1.165) is 0 Å². The maximum atomic E-state index is 12.4. The first-order valence-corrected chi connectivity index (χ1v) is 6.93. The first kappa shape index (κ1) is 13.7. The number of hydrogen-bond donors (Lipinski definition) is 1. The van der Waals surface area contributed by atoms with E-state index in [0.29, 0.717) is 30.9 Å². The predicted octanol–water partition coefficient (Wildman–Crippen LogP) is 0.505. The normalized spacial score (nSPS) is 22.3. The number of pyridine rings is 1. The van der Waals surface area contributed by atoms with Gasteiger partial charge in [0.1, 0.15) is 12.7 Å². The molecule has 1 aliphatic rings. The molecule has 0 bridgehead atoms. The summed E-state index contributed by atoms with van der Waals surface area (Å²) in [5.41, 5.74) is 0.544. The fraction of sp³-hybridized carbons (Fsp3) is 0.429. The number of aromatic nitrogens is 4. The van der Waals surface area contributed by atoms with Crippen LogP contribution in [0.5, 0.6) is 0 Å². The highest BCUT2D eigenvalue weighted by molar-refractivity contribution is 5.94. The average molecular weight is 287 g/mol. The van der Waals surface area contributed by atoms with Crippen LogP contribution in [0.4, 0.5) is 0 Å². The molecule has 7 nitrogen and oxygen atoms in total. The van der Waals surface area contributed by atoms with Crippen molar-refractivity contribution in [2.24, 2.45) is 5.92 Å². The van der Waals surface area contributed by atoms with Gasteiger partial charge in [-0.3, -0.25) is 4.79 Å². The van der Waals surface area contributed by atoms with E-state index in [1.54, 1.807) is 29.6 Å². The minimum absolute atomic E-state index is 0.0496. The summed E-state index contributed by atoms with van der Waals surface area (Å²) in [7, 11) is 0. The van der Waals surface area contributed by atoms with E-state index < -0.39 is 0 Å². The molecule has 110 valence electrons. The molecule has 2 unspecified atom stereocenters. The minimum Gasteiger partial charge on any atom is -0.393 e. The van der Waals surface area contributed by atoms with Crippen LogP contribution in [0, 0.1) is 5.92 Å². The molecule has 2 atom stereocenters. The van der Waals surface area contributed by atoms with Crippen molar-refractivity contribution in [1.29, 1.82) is 0 Å². The van der Waals surface area contributed by atoms with E-state index in [1.807, 2.05) is 6.92 Å². The lowest BCUT2D eigenvalue weighted by Crippen LogP contribution is -2.45. The maximum Gasteiger partial charge on any atom is 0.255 e. The van der Waals surface area contributed by atoms with Crippen LogP contribution in [0.25, 0.3) is 5.82 Å². The molecule has 3 rings (SSSR count). The van der Waals surface area contributed by atoms with E-state index in [4.69, 9.17) is 0 Å². The monoisotopic (exact) mass is 287 g/mol. The van der Waals surface area contributed by atoms with E-state index in [-0.39, 0.29) is 17.9 Å². The zero-order valence-corrected chi connectivity index (χ0v) is 11.8. The second kappa shape index (κ2) is 5.61. The predicted molar refractivity (Wildman–Crippen MR) is 74.8 cm³/mol. The highest BCUT2D eigenvalue weighted by atomic mass is 16.3. The molecule has 21 heavy (non-hydrogen) atoms. The number of rotatable bonds is 2. The summed E-state index contributed by atoms with van der Waals surface area (Å²) < 4.78 is 1.54. The Morgan fingerprint density at radius 3 is 2.90 bits per heavy atom. The van der Waals surface area contributed by atoms with Crippen LogP contribution in [0.15, 0.2) is 31.0 Å². The number of aliphatic hydroxyl groups is 1. The van der Waals surface area contributed by atoms with Gasteiger partial charge in [0, 0.05) is 19.3 Å². The fourth-order valence-corrected chi connectivity index (χ4v) is 2.47. The van der Waals surface area contributed by atoms with Crippen molar-refractivity contribution in [3.63, 3.8) is 0 Å². The Labute approximate surface area is 122 Å². The van der Waals surface area contributed by atoms with Gasteiger partial charge < -0.3 is 10.0 Å². The van der Waals surface area contributed by atoms with Gasteiger partial charge in [0.2, 0.25) is 0 Å². The lowest BCUT2D eigenvalue weighted by Gasteiger charge is -2.34. The van der Waals surface area contributed by atoms with Crippen LogP contribution < -0.4 is 0 Å². The zero-order chi connectivity index (χ0) is 14.8. The van der Waals surface area contributed by atoms with Crippen LogP contribution >= 0.6 is 0 Å². The Bertz CT molecular complexity index is 611. The number of hydrogen-bond acceptors (Lipinski definition) is 5. The molecule has 1 saturated heterocycles. The Morgan fingerprint density at radius 1 is 1.43 bits per heavy atom. The average Bonchev–Trinajstić information content (AvgIpc) is 3.04. The topological polar surface area (TPSA) is 84.1 Å². The molecule has 1 N–H and O–H groups in total. The summed E-state index contributed by atoms with van der Waals surface area (Å²) >= 11 is 0. The van der Waals surface area contributed by atoms with Crippen molar-refractivity contribution < 1.29 is 9.90 Å². The van der Waals surface area contributed by atoms with E-state index >= 15 is 0 Å². The Morgan fingerprint density at radius 2 is 2.29 bits per heavy atom. The summed E-state index contributed by atoms with van der Waals surface area (Å²) in [6, 6.07) is 3.48. The third-order valence-electron chi connectivity index (χ3n) is 3.80. The van der Waals surface area contributed by atoms with Gasteiger partial charge in [-0.1, -0.05) is 6.92 Å². The van der Waals surface area contributed by atoms with Crippen molar-refractivity contribution in [2.75, 3.05) is 13.1 Å². The van der Waals surface area contributed by atoms with Crippen molar-refractivity contribution in [1.82, 2.24) is 24.6 Å². The fourth-order valence-electron chi connectivity index (χ4n) is 2.47. The molecule has 1 fully saturated rings. The second-order valence-electron chi connectivity index (χ2n) is 5.33. The standard InChI is InChI=1S/C14H17N5O2/c1-10-7-18(5-4-12(10)20)14(21)11-2-3-13(16-6-11)19-9-15-8-17-19/h2-3,6,8-10,12,20H,4-5,7H2,1H3. The Balaban J connectivity index is 1.73. The van der Waals surface area contributed by atoms with Gasteiger partial charge in [-0.15, -0.1) is 0 Å². The molecule has 2 aromatic heterocycles. The van der Waals surface area contributed by atoms with Crippen molar-refractivity contribution in [3.05, 3.63) is 36.5 Å². The lowest BCUT2D eigenvalue weighted by atomic mass is 9.96. The molecule has 0 spiro atoms. The molecular weight excluding hydrogens is 270 g/mol. The molecule has 7 heteroatoms. The van der Waals surface area contributed by atoms with Gasteiger partial charge in [-0.2, -0.15) is 5.10 Å². The molecule has 0 saturated carbocycles. The summed E-state index contributed by atoms with van der Waals surface area (Å²) in [6.07, 6.45) is 4.84. The third-order valence-corrected chi connectivity index (χ3v) is 3.80. The summed E-state index contributed by atoms with van der Waals surface area (Å²) in [4.78, 5) is 22.3. The van der Waals surface area contributed by atoms with Crippen LogP contribution in [0.1, 0.15) is 23.7 Å². The number of carbonyl (C=O) groups excluding carboxylic acids is 1. The summed E-state index contributed by atoms with van der Waals surface area (Å²) in [5, 5.41) is 13.7. The number of carbonyl (C=O) groups is 1. The van der Waals surface area contributed by atoms with Crippen LogP contribution in [0.2, 0.25) is 0 Å². The van der Waals surface area contributed by atoms with Crippen molar-refractivity contribution in [2.45, 2.75) is 19.4 Å². The van der Waals surface area contributed by atoms with Crippen LogP contribution in [-0.4, -0.2) is 54.9 Å². The van der Waals surface area contributed by atoms with E-state index in [9.17, 15) is 9.90 Å². The Hall–Kier alpha value is -2.28. The quantitative estimate of drug-likeness (QED) is 0.869. The minimum atomic E-state index is -0.318. The highest BCUT2D eigenvalue weighted by Crippen LogP contribution is 2.18.